The molecule has 3 N–H and O–H groups in total. The largest absolute Gasteiger partial charge is 0.352 e. The van der Waals surface area contributed by atoms with Crippen LogP contribution < -0.4 is 11.1 Å². The molecule has 0 bridgehead atoms. The number of carbonyl (C=O) groups is 1. The normalized spacial score (nSPS) is 10.4. The molecule has 1 rings (SSSR count). The maximum atomic E-state index is 11.4. The fourth-order valence-electron chi connectivity index (χ4n) is 2.25. The van der Waals surface area contributed by atoms with Crippen molar-refractivity contribution in [3.63, 3.8) is 0 Å². The number of rotatable bonds is 10. The van der Waals surface area contributed by atoms with E-state index in [-0.39, 0.29) is 18.3 Å². The van der Waals surface area contributed by atoms with Gasteiger partial charge in [-0.1, -0.05) is 44.5 Å². The molecular weight excluding hydrogens is 298 g/mol. The Balaban J connectivity index is 0.00000441. The Hall–Kier alpha value is -1.10. The highest BCUT2D eigenvalue weighted by Gasteiger charge is 2.05. The minimum absolute atomic E-state index is 0. The number of nitrogens with one attached hydrogen (secondary N) is 1. The number of hydrogen-bond acceptors (Lipinski definition) is 3. The summed E-state index contributed by atoms with van der Waals surface area (Å²) < 4.78 is 0. The lowest BCUT2D eigenvalue weighted by atomic mass is 10.1. The smallest absolute Gasteiger partial charge is 0.221 e. The Kier molecular flexibility index (Phi) is 11.8. The van der Waals surface area contributed by atoms with Crippen LogP contribution in [0.4, 0.5) is 0 Å². The van der Waals surface area contributed by atoms with Gasteiger partial charge in [0.25, 0.3) is 0 Å². The molecule has 0 fully saturated rings. The van der Waals surface area contributed by atoms with Gasteiger partial charge in [0.15, 0.2) is 0 Å². The summed E-state index contributed by atoms with van der Waals surface area (Å²) >= 11 is 0. The van der Waals surface area contributed by atoms with Crippen molar-refractivity contribution >= 4 is 18.3 Å². The SMILES string of the molecule is CCCCN(CC)Cc1cccc(CNC(=O)CCN)c1.Cl. The number of nitrogens with zero attached hydrogens (tertiary/aromatic N) is 1. The molecule has 0 aliphatic carbocycles. The monoisotopic (exact) mass is 327 g/mol. The number of carbonyl (C=O) groups excluding carboxylic acids is 1. The van der Waals surface area contributed by atoms with E-state index in [0.717, 1.165) is 25.2 Å². The molecule has 0 aliphatic rings. The molecule has 22 heavy (non-hydrogen) atoms. The lowest BCUT2D eigenvalue weighted by molar-refractivity contribution is -0.121. The van der Waals surface area contributed by atoms with Crippen molar-refractivity contribution in [3.05, 3.63) is 35.4 Å². The Bertz CT molecular complexity index is 426. The first-order valence-electron chi connectivity index (χ1n) is 7.96. The topological polar surface area (TPSA) is 58.4 Å². The molecule has 4 nitrogen and oxygen atoms in total. The molecule has 1 amide bonds. The zero-order valence-electron chi connectivity index (χ0n) is 13.8. The molecule has 0 aliphatic heterocycles. The second kappa shape index (κ2) is 12.4. The molecule has 0 radical (unpaired) electrons. The summed E-state index contributed by atoms with van der Waals surface area (Å²) in [5.41, 5.74) is 7.81. The molecule has 0 unspecified atom stereocenters. The Labute approximate surface area is 140 Å². The van der Waals surface area contributed by atoms with Crippen LogP contribution in [0.2, 0.25) is 0 Å². The van der Waals surface area contributed by atoms with E-state index in [1.54, 1.807) is 0 Å². The van der Waals surface area contributed by atoms with E-state index in [4.69, 9.17) is 5.73 Å². The summed E-state index contributed by atoms with van der Waals surface area (Å²) in [6.45, 7) is 8.58. The summed E-state index contributed by atoms with van der Waals surface area (Å²) in [5, 5.41) is 2.90. The van der Waals surface area contributed by atoms with Gasteiger partial charge >= 0.3 is 0 Å². The van der Waals surface area contributed by atoms with Gasteiger partial charge in [-0.25, -0.2) is 0 Å². The third-order valence-corrected chi connectivity index (χ3v) is 3.53. The standard InChI is InChI=1S/C17H29N3O.ClH/c1-3-5-11-20(4-2)14-16-8-6-7-15(12-16)13-19-17(21)9-10-18;/h6-8,12H,3-5,9-11,13-14,18H2,1-2H3,(H,19,21);1H. The second-order valence-electron chi connectivity index (χ2n) is 5.36. The first-order chi connectivity index (χ1) is 10.2. The van der Waals surface area contributed by atoms with Crippen molar-refractivity contribution in [1.82, 2.24) is 10.2 Å². The van der Waals surface area contributed by atoms with Gasteiger partial charge in [0.1, 0.15) is 0 Å². The number of benzene rings is 1. The summed E-state index contributed by atoms with van der Waals surface area (Å²) in [6, 6.07) is 8.44. The van der Waals surface area contributed by atoms with Gasteiger partial charge in [-0.05, 0) is 30.6 Å². The van der Waals surface area contributed by atoms with E-state index in [1.807, 2.05) is 0 Å². The van der Waals surface area contributed by atoms with Gasteiger partial charge < -0.3 is 11.1 Å². The lowest BCUT2D eigenvalue weighted by Gasteiger charge is -2.20. The van der Waals surface area contributed by atoms with Crippen LogP contribution in [-0.2, 0) is 17.9 Å². The van der Waals surface area contributed by atoms with E-state index < -0.39 is 0 Å². The van der Waals surface area contributed by atoms with Crippen molar-refractivity contribution in [2.45, 2.75) is 46.2 Å². The average molecular weight is 328 g/mol. The molecule has 126 valence electrons. The van der Waals surface area contributed by atoms with E-state index in [1.165, 1.54) is 18.4 Å². The van der Waals surface area contributed by atoms with Crippen LogP contribution in [0.5, 0.6) is 0 Å². The molecule has 0 heterocycles. The van der Waals surface area contributed by atoms with Crippen molar-refractivity contribution in [1.29, 1.82) is 0 Å². The Morgan fingerprint density at radius 1 is 1.27 bits per heavy atom. The van der Waals surface area contributed by atoms with Crippen molar-refractivity contribution in [3.8, 4) is 0 Å². The van der Waals surface area contributed by atoms with Gasteiger partial charge in [-0.3, -0.25) is 9.69 Å². The van der Waals surface area contributed by atoms with Crippen LogP contribution >= 0.6 is 12.4 Å². The third kappa shape index (κ3) is 8.37. The summed E-state index contributed by atoms with van der Waals surface area (Å²) in [4.78, 5) is 13.9. The fourth-order valence-corrected chi connectivity index (χ4v) is 2.25. The molecule has 1 aromatic rings. The van der Waals surface area contributed by atoms with Crippen LogP contribution in [0.25, 0.3) is 0 Å². The van der Waals surface area contributed by atoms with Gasteiger partial charge in [-0.15, -0.1) is 12.4 Å². The predicted molar refractivity (Wildman–Crippen MR) is 95.1 cm³/mol. The minimum Gasteiger partial charge on any atom is -0.352 e. The van der Waals surface area contributed by atoms with E-state index in [2.05, 4.69) is 48.3 Å². The van der Waals surface area contributed by atoms with Crippen LogP contribution in [0.1, 0.15) is 44.2 Å². The van der Waals surface area contributed by atoms with Crippen molar-refractivity contribution in [2.24, 2.45) is 5.73 Å². The average Bonchev–Trinajstić information content (AvgIpc) is 2.50. The number of hydrogen-bond donors (Lipinski definition) is 2. The number of amides is 1. The number of unbranched alkanes of at least 4 members (excludes halogenated alkanes) is 1. The number of halogens is 1. The second-order valence-corrected chi connectivity index (χ2v) is 5.36. The highest BCUT2D eigenvalue weighted by molar-refractivity contribution is 5.85. The summed E-state index contributed by atoms with van der Waals surface area (Å²) in [7, 11) is 0. The maximum absolute atomic E-state index is 11.4. The molecule has 0 aromatic heterocycles. The molecule has 0 saturated heterocycles. The van der Waals surface area contributed by atoms with E-state index >= 15 is 0 Å². The zero-order chi connectivity index (χ0) is 15.5. The number of nitrogens with two attached hydrogens (primary N) is 1. The van der Waals surface area contributed by atoms with Crippen molar-refractivity contribution in [2.75, 3.05) is 19.6 Å². The molecule has 0 spiro atoms. The van der Waals surface area contributed by atoms with Gasteiger partial charge in [0.2, 0.25) is 5.91 Å². The highest BCUT2D eigenvalue weighted by Crippen LogP contribution is 2.09. The van der Waals surface area contributed by atoms with Gasteiger partial charge in [0.05, 0.1) is 0 Å². The van der Waals surface area contributed by atoms with E-state index in [9.17, 15) is 4.79 Å². The first kappa shape index (κ1) is 20.9. The summed E-state index contributed by atoms with van der Waals surface area (Å²) in [6.07, 6.45) is 2.85. The van der Waals surface area contributed by atoms with Gasteiger partial charge in [0, 0.05) is 26.1 Å². The molecule has 5 heteroatoms. The van der Waals surface area contributed by atoms with Crippen LogP contribution in [0.15, 0.2) is 24.3 Å². The predicted octanol–water partition coefficient (Wildman–Crippen LogP) is 2.70. The maximum Gasteiger partial charge on any atom is 0.221 e. The molecule has 0 atom stereocenters. The fraction of sp³-hybridized carbons (Fsp3) is 0.588. The van der Waals surface area contributed by atoms with Crippen LogP contribution in [0, 0.1) is 0 Å². The summed E-state index contributed by atoms with van der Waals surface area (Å²) in [5.74, 6) is 0.0148. The first-order valence-corrected chi connectivity index (χ1v) is 7.96. The van der Waals surface area contributed by atoms with Crippen LogP contribution in [-0.4, -0.2) is 30.4 Å². The Morgan fingerprint density at radius 2 is 2.00 bits per heavy atom. The van der Waals surface area contributed by atoms with Crippen molar-refractivity contribution < 1.29 is 4.79 Å². The zero-order valence-corrected chi connectivity index (χ0v) is 14.6. The van der Waals surface area contributed by atoms with E-state index in [0.29, 0.717) is 19.5 Å². The minimum atomic E-state index is 0. The molecule has 0 saturated carbocycles. The Morgan fingerprint density at radius 3 is 2.64 bits per heavy atom. The quantitative estimate of drug-likeness (QED) is 0.694. The lowest BCUT2D eigenvalue weighted by Crippen LogP contribution is -2.25. The third-order valence-electron chi connectivity index (χ3n) is 3.53. The highest BCUT2D eigenvalue weighted by atomic mass is 35.5. The van der Waals surface area contributed by atoms with Gasteiger partial charge in [-0.2, -0.15) is 0 Å². The molecule has 1 aromatic carbocycles. The van der Waals surface area contributed by atoms with Crippen LogP contribution in [0.3, 0.4) is 0 Å². The molecular formula is C17H30ClN3O.